The summed E-state index contributed by atoms with van der Waals surface area (Å²) in [5.74, 6) is -4.19. The number of esters is 1. The van der Waals surface area contributed by atoms with E-state index >= 15 is 0 Å². The minimum absolute atomic E-state index is 0.0855. The first kappa shape index (κ1) is 39.6. The van der Waals surface area contributed by atoms with E-state index in [1.165, 1.54) is 47.7 Å². The third-order valence-corrected chi connectivity index (χ3v) is 9.89. The third-order valence-electron chi connectivity index (χ3n) is 9.89. The maximum atomic E-state index is 14.6. The Bertz CT molecular complexity index is 1610. The van der Waals surface area contributed by atoms with Gasteiger partial charge in [0, 0.05) is 32.1 Å². The van der Waals surface area contributed by atoms with E-state index < -0.39 is 84.3 Å². The molecule has 3 N–H and O–H groups in total. The second kappa shape index (κ2) is 18.3. The van der Waals surface area contributed by atoms with Crippen molar-refractivity contribution in [1.29, 1.82) is 0 Å². The fourth-order valence-corrected chi connectivity index (χ4v) is 6.84. The van der Waals surface area contributed by atoms with Gasteiger partial charge in [-0.2, -0.15) is 0 Å². The van der Waals surface area contributed by atoms with E-state index in [2.05, 4.69) is 21.7 Å². The Hall–Kier alpha value is -5.23. The number of carbonyl (C=O) groups is 7. The predicted octanol–water partition coefficient (Wildman–Crippen LogP) is 1.16. The molecule has 7 atom stereocenters. The van der Waals surface area contributed by atoms with Crippen LogP contribution in [-0.2, 0) is 44.7 Å². The number of fused-ring (bicyclic) bond motifs is 2. The number of hydrogen-bond donors (Lipinski definition) is 3. The zero-order chi connectivity index (χ0) is 37.9. The molecule has 0 bridgehead atoms. The first-order valence-electron chi connectivity index (χ1n) is 17.9. The van der Waals surface area contributed by atoms with Crippen molar-refractivity contribution in [3.63, 3.8) is 0 Å². The van der Waals surface area contributed by atoms with Crippen LogP contribution in [0.2, 0.25) is 0 Å². The molecular formula is C38H50N6O8. The van der Waals surface area contributed by atoms with Crippen LogP contribution >= 0.6 is 0 Å². The summed E-state index contributed by atoms with van der Waals surface area (Å²) in [6.07, 6.45) is 8.18. The number of allylic oxidation sites excluding steroid dienone is 2. The van der Waals surface area contributed by atoms with E-state index in [4.69, 9.17) is 4.74 Å². The molecule has 0 aromatic heterocycles. The number of hydrogen-bond acceptors (Lipinski definition) is 8. The van der Waals surface area contributed by atoms with Crippen LogP contribution in [0, 0.1) is 0 Å². The van der Waals surface area contributed by atoms with Crippen molar-refractivity contribution in [3.05, 3.63) is 65.9 Å². The van der Waals surface area contributed by atoms with E-state index in [1.54, 1.807) is 43.3 Å². The first-order valence-corrected chi connectivity index (χ1v) is 17.9. The van der Waals surface area contributed by atoms with Crippen LogP contribution in [0.3, 0.4) is 0 Å². The molecule has 3 fully saturated rings. The summed E-state index contributed by atoms with van der Waals surface area (Å²) in [4.78, 5) is 99.7. The number of cyclic esters (lactones) is 1. The van der Waals surface area contributed by atoms with Crippen LogP contribution in [0.15, 0.2) is 60.4 Å². The van der Waals surface area contributed by atoms with Crippen LogP contribution in [0.4, 0.5) is 0 Å². The van der Waals surface area contributed by atoms with Gasteiger partial charge in [0.25, 0.3) is 0 Å². The maximum absolute atomic E-state index is 14.6. The highest BCUT2D eigenvalue weighted by atomic mass is 16.5. The van der Waals surface area contributed by atoms with Gasteiger partial charge in [-0.25, -0.2) is 4.79 Å². The monoisotopic (exact) mass is 718 g/mol. The number of carbonyl (C=O) groups excluding carboxylic acids is 7. The van der Waals surface area contributed by atoms with Crippen molar-refractivity contribution in [1.82, 2.24) is 30.7 Å². The average Bonchev–Trinajstić information content (AvgIpc) is 3.81. The van der Waals surface area contributed by atoms with Gasteiger partial charge < -0.3 is 35.4 Å². The topological polar surface area (TPSA) is 175 Å². The largest absolute Gasteiger partial charge is 0.461 e. The molecule has 3 saturated heterocycles. The lowest BCUT2D eigenvalue weighted by Gasteiger charge is -2.36. The molecule has 14 nitrogen and oxygen atoms in total. The van der Waals surface area contributed by atoms with E-state index in [1.807, 2.05) is 13.0 Å². The van der Waals surface area contributed by atoms with Gasteiger partial charge in [-0.05, 0) is 76.7 Å². The molecule has 3 aliphatic heterocycles. The second-order valence-corrected chi connectivity index (χ2v) is 13.4. The quantitative estimate of drug-likeness (QED) is 0.155. The fourth-order valence-electron chi connectivity index (χ4n) is 6.84. The summed E-state index contributed by atoms with van der Waals surface area (Å²) in [5.41, 5.74) is 3.58. The lowest BCUT2D eigenvalue weighted by atomic mass is 10.0. The molecule has 0 radical (unpaired) electrons. The van der Waals surface area contributed by atoms with Gasteiger partial charge in [0.15, 0.2) is 0 Å². The van der Waals surface area contributed by atoms with E-state index in [9.17, 15) is 33.6 Å². The molecule has 3 aliphatic rings. The van der Waals surface area contributed by atoms with E-state index in [-0.39, 0.29) is 19.0 Å². The third kappa shape index (κ3) is 9.55. The lowest BCUT2D eigenvalue weighted by Crippen LogP contribution is -2.61. The van der Waals surface area contributed by atoms with Gasteiger partial charge in [-0.15, -0.1) is 5.73 Å². The number of nitrogens with one attached hydrogen (secondary N) is 3. The Morgan fingerprint density at radius 3 is 2.44 bits per heavy atom. The van der Waals surface area contributed by atoms with Gasteiger partial charge in [0.05, 0.1) is 0 Å². The summed E-state index contributed by atoms with van der Waals surface area (Å²) in [5, 5.41) is 8.11. The van der Waals surface area contributed by atoms with Gasteiger partial charge in [0.2, 0.25) is 35.4 Å². The average molecular weight is 719 g/mol. The SMILES string of the molecule is CC=C=CC=CC(=O)N[C@@H](Cc1ccccc1)C(=O)N[C@@H]1COC(=O)[C@@H]2CCCN2C(=O)[C@H](C)NC(=O)[C@@H](C)N(C)C(=O)[C@@H]2CC[C@@H](CC)N2C1=O. The molecule has 4 rings (SSSR count). The van der Waals surface area contributed by atoms with Crippen molar-refractivity contribution >= 4 is 41.4 Å². The summed E-state index contributed by atoms with van der Waals surface area (Å²) in [6.45, 7) is 6.41. The standard InChI is InChI=1S/C38H50N6O8/c1-6-8-9-13-18-32(45)40-28(22-26-15-11-10-12-16-26)34(47)41-29-23-52-38(51)31-17-14-21-43(31)35(48)24(3)39-33(46)25(4)42(5)37(50)30-20-19-27(7-2)44(30)36(29)49/h6,9-13,15-16,18,24-25,27-31H,7,14,17,19-23H2,1-5H3,(H,39,46)(H,40,45)(H,41,47)/t8?,24-,25+,27+,28-,29+,30-,31-/m0/s1. The van der Waals surface area contributed by atoms with Crippen molar-refractivity contribution in [2.24, 2.45) is 0 Å². The highest BCUT2D eigenvalue weighted by Gasteiger charge is 2.46. The summed E-state index contributed by atoms with van der Waals surface area (Å²) in [7, 11) is 1.47. The summed E-state index contributed by atoms with van der Waals surface area (Å²) < 4.78 is 5.69. The molecule has 6 amide bonds. The molecule has 1 aromatic carbocycles. The van der Waals surface area contributed by atoms with Crippen LogP contribution in [-0.4, -0.2) is 119 Å². The molecule has 0 spiro atoms. The van der Waals surface area contributed by atoms with E-state index in [0.717, 1.165) is 5.56 Å². The highest BCUT2D eigenvalue weighted by molar-refractivity contribution is 5.98. The molecule has 0 unspecified atom stereocenters. The number of amides is 6. The van der Waals surface area contributed by atoms with Crippen LogP contribution in [0.25, 0.3) is 0 Å². The maximum Gasteiger partial charge on any atom is 0.328 e. The molecule has 1 aromatic rings. The first-order chi connectivity index (χ1) is 24.9. The van der Waals surface area contributed by atoms with Crippen molar-refractivity contribution < 1.29 is 38.3 Å². The minimum atomic E-state index is -1.44. The summed E-state index contributed by atoms with van der Waals surface area (Å²) in [6, 6.07) is 2.21. The molecule has 52 heavy (non-hydrogen) atoms. The normalized spacial score (nSPS) is 26.6. The van der Waals surface area contributed by atoms with Crippen LogP contribution in [0.5, 0.6) is 0 Å². The van der Waals surface area contributed by atoms with Crippen LogP contribution < -0.4 is 16.0 Å². The molecule has 14 heteroatoms. The van der Waals surface area contributed by atoms with Gasteiger partial charge >= 0.3 is 5.97 Å². The van der Waals surface area contributed by atoms with Gasteiger partial charge in [0.1, 0.15) is 42.9 Å². The van der Waals surface area contributed by atoms with Crippen molar-refractivity contribution in [2.45, 2.75) is 109 Å². The summed E-state index contributed by atoms with van der Waals surface area (Å²) >= 11 is 0. The second-order valence-electron chi connectivity index (χ2n) is 13.4. The van der Waals surface area contributed by atoms with Crippen LogP contribution in [0.1, 0.15) is 65.4 Å². The smallest absolute Gasteiger partial charge is 0.328 e. The van der Waals surface area contributed by atoms with Gasteiger partial charge in [-0.1, -0.05) is 37.3 Å². The number of likely N-dealkylation sites (N-methyl/N-ethyl adjacent to an activating group) is 1. The Balaban J connectivity index is 1.70. The minimum Gasteiger partial charge on any atom is -0.461 e. The molecular weight excluding hydrogens is 668 g/mol. The Morgan fingerprint density at radius 1 is 1.02 bits per heavy atom. The van der Waals surface area contributed by atoms with E-state index in [0.29, 0.717) is 32.1 Å². The Morgan fingerprint density at radius 2 is 1.75 bits per heavy atom. The Kier molecular flexibility index (Phi) is 13.9. The Labute approximate surface area is 304 Å². The molecule has 280 valence electrons. The molecule has 3 heterocycles. The zero-order valence-electron chi connectivity index (χ0n) is 30.5. The lowest BCUT2D eigenvalue weighted by molar-refractivity contribution is -0.158. The highest BCUT2D eigenvalue weighted by Crippen LogP contribution is 2.29. The van der Waals surface area contributed by atoms with Gasteiger partial charge in [-0.3, -0.25) is 28.8 Å². The van der Waals surface area contributed by atoms with Crippen molar-refractivity contribution in [2.75, 3.05) is 20.2 Å². The number of benzene rings is 1. The molecule has 0 saturated carbocycles. The predicted molar refractivity (Wildman–Crippen MR) is 191 cm³/mol. The van der Waals surface area contributed by atoms with Crippen molar-refractivity contribution in [3.8, 4) is 0 Å². The zero-order valence-corrected chi connectivity index (χ0v) is 30.5. The number of nitrogens with zero attached hydrogens (tertiary/aromatic N) is 3. The fraction of sp³-hybridized carbons (Fsp3) is 0.526. The number of rotatable bonds is 8. The number of ether oxygens (including phenoxy) is 1. The molecule has 0 aliphatic carbocycles.